The van der Waals surface area contributed by atoms with Gasteiger partial charge in [0, 0.05) is 0 Å². The summed E-state index contributed by atoms with van der Waals surface area (Å²) in [7, 11) is 0. The van der Waals surface area contributed by atoms with E-state index in [9.17, 15) is 13.2 Å². The number of alkyl halides is 3. The van der Waals surface area contributed by atoms with Gasteiger partial charge in [0.1, 0.15) is 23.5 Å². The molecular weight excluding hydrogens is 197 g/mol. The quantitative estimate of drug-likeness (QED) is 0.681. The van der Waals surface area contributed by atoms with Crippen molar-refractivity contribution >= 4 is 16.9 Å². The molecule has 2 heterocycles. The minimum Gasteiger partial charge on any atom is -0.383 e. The lowest BCUT2D eigenvalue weighted by Crippen LogP contribution is -2.04. The highest BCUT2D eigenvalue weighted by Crippen LogP contribution is 2.31. The molecule has 74 valence electrons. The molecule has 0 saturated heterocycles. The van der Waals surface area contributed by atoms with Crippen LogP contribution in [0.15, 0.2) is 12.4 Å². The number of H-pyrrole nitrogens is 1. The van der Waals surface area contributed by atoms with Gasteiger partial charge >= 0.3 is 6.18 Å². The maximum absolute atomic E-state index is 12.2. The summed E-state index contributed by atoms with van der Waals surface area (Å²) in [5.74, 6) is 0.0294. The molecule has 0 aliphatic carbocycles. The molecular formula is C7H5F3N4. The molecule has 0 aromatic carbocycles. The third kappa shape index (κ3) is 1.26. The second-order valence-corrected chi connectivity index (χ2v) is 2.70. The Kier molecular flexibility index (Phi) is 1.63. The van der Waals surface area contributed by atoms with E-state index in [1.807, 2.05) is 0 Å². The average Bonchev–Trinajstić information content (AvgIpc) is 2.48. The van der Waals surface area contributed by atoms with Crippen molar-refractivity contribution in [2.75, 3.05) is 5.73 Å². The summed E-state index contributed by atoms with van der Waals surface area (Å²) in [6.45, 7) is 0. The first kappa shape index (κ1) is 8.79. The molecule has 2 aromatic heterocycles. The second-order valence-electron chi connectivity index (χ2n) is 2.70. The van der Waals surface area contributed by atoms with E-state index in [1.165, 1.54) is 0 Å². The molecule has 0 atom stereocenters. The van der Waals surface area contributed by atoms with E-state index >= 15 is 0 Å². The molecule has 3 N–H and O–H groups in total. The van der Waals surface area contributed by atoms with E-state index in [-0.39, 0.29) is 16.9 Å². The lowest BCUT2D eigenvalue weighted by molar-refractivity contribution is -0.140. The Morgan fingerprint density at radius 1 is 1.29 bits per heavy atom. The van der Waals surface area contributed by atoms with Crippen molar-refractivity contribution in [3.8, 4) is 0 Å². The smallest absolute Gasteiger partial charge is 0.383 e. The molecule has 14 heavy (non-hydrogen) atoms. The summed E-state index contributed by atoms with van der Waals surface area (Å²) in [5, 5.41) is 0.180. The summed E-state index contributed by atoms with van der Waals surface area (Å²) in [4.78, 5) is 9.33. The number of aromatic nitrogens is 3. The van der Waals surface area contributed by atoms with E-state index in [4.69, 9.17) is 5.73 Å². The number of aromatic amines is 1. The van der Waals surface area contributed by atoms with Gasteiger partial charge in [0.05, 0.1) is 5.39 Å². The molecule has 0 spiro atoms. The summed E-state index contributed by atoms with van der Waals surface area (Å²) < 4.78 is 36.7. The van der Waals surface area contributed by atoms with Gasteiger partial charge in [-0.15, -0.1) is 0 Å². The van der Waals surface area contributed by atoms with Crippen LogP contribution in [0.2, 0.25) is 0 Å². The standard InChI is InChI=1S/C7H5F3N4/c8-7(9,10)4-1-3-5(11)12-2-13-6(3)14-4/h1-2H,(H3,11,12,13,14). The first-order valence-corrected chi connectivity index (χ1v) is 3.65. The fourth-order valence-corrected chi connectivity index (χ4v) is 1.11. The van der Waals surface area contributed by atoms with Crippen LogP contribution in [0, 0.1) is 0 Å². The highest BCUT2D eigenvalue weighted by molar-refractivity contribution is 5.86. The summed E-state index contributed by atoms with van der Waals surface area (Å²) in [6.07, 6.45) is -3.32. The molecule has 0 fully saturated rings. The zero-order chi connectivity index (χ0) is 10.3. The number of nitrogens with one attached hydrogen (secondary N) is 1. The summed E-state index contributed by atoms with van der Waals surface area (Å²) in [6, 6.07) is 0.894. The predicted octanol–water partition coefficient (Wildman–Crippen LogP) is 1.56. The topological polar surface area (TPSA) is 67.6 Å². The lowest BCUT2D eigenvalue weighted by Gasteiger charge is -2.00. The van der Waals surface area contributed by atoms with Crippen LogP contribution < -0.4 is 5.73 Å². The highest BCUT2D eigenvalue weighted by atomic mass is 19.4. The zero-order valence-electron chi connectivity index (χ0n) is 6.76. The van der Waals surface area contributed by atoms with E-state index in [2.05, 4.69) is 15.0 Å². The van der Waals surface area contributed by atoms with Crippen LogP contribution in [0.25, 0.3) is 11.0 Å². The van der Waals surface area contributed by atoms with Crippen LogP contribution in [0.5, 0.6) is 0 Å². The van der Waals surface area contributed by atoms with Crippen LogP contribution in [0.1, 0.15) is 5.69 Å². The SMILES string of the molecule is Nc1ncnc2[nH]c(C(F)(F)F)cc12. The third-order valence-corrected chi connectivity index (χ3v) is 1.76. The Labute approximate surface area is 76.0 Å². The van der Waals surface area contributed by atoms with E-state index < -0.39 is 11.9 Å². The number of nitrogens with two attached hydrogens (primary N) is 1. The average molecular weight is 202 g/mol. The summed E-state index contributed by atoms with van der Waals surface area (Å²) >= 11 is 0. The molecule has 2 aromatic rings. The van der Waals surface area contributed by atoms with E-state index in [0.717, 1.165) is 12.4 Å². The molecule has 0 radical (unpaired) electrons. The highest BCUT2D eigenvalue weighted by Gasteiger charge is 2.33. The van der Waals surface area contributed by atoms with Gasteiger partial charge in [0.25, 0.3) is 0 Å². The maximum atomic E-state index is 12.2. The van der Waals surface area contributed by atoms with Crippen molar-refractivity contribution in [3.63, 3.8) is 0 Å². The Morgan fingerprint density at radius 2 is 2.00 bits per heavy atom. The number of hydrogen-bond acceptors (Lipinski definition) is 3. The molecule has 7 heteroatoms. The van der Waals surface area contributed by atoms with Crippen molar-refractivity contribution in [1.29, 1.82) is 0 Å². The largest absolute Gasteiger partial charge is 0.431 e. The van der Waals surface area contributed by atoms with Gasteiger partial charge in [-0.3, -0.25) is 0 Å². The van der Waals surface area contributed by atoms with Gasteiger partial charge in [-0.2, -0.15) is 13.2 Å². The number of anilines is 1. The normalized spacial score (nSPS) is 12.2. The minimum absolute atomic E-state index is 0.0294. The van der Waals surface area contributed by atoms with Crippen LogP contribution in [-0.4, -0.2) is 15.0 Å². The van der Waals surface area contributed by atoms with Crippen LogP contribution in [0.4, 0.5) is 19.0 Å². The van der Waals surface area contributed by atoms with Crippen molar-refractivity contribution in [2.24, 2.45) is 0 Å². The maximum Gasteiger partial charge on any atom is 0.431 e. The first-order valence-electron chi connectivity index (χ1n) is 3.65. The fraction of sp³-hybridized carbons (Fsp3) is 0.143. The van der Waals surface area contributed by atoms with Crippen LogP contribution in [-0.2, 0) is 6.18 Å². The third-order valence-electron chi connectivity index (χ3n) is 1.76. The second kappa shape index (κ2) is 2.60. The molecule has 0 saturated carbocycles. The summed E-state index contributed by atoms with van der Waals surface area (Å²) in [5.41, 5.74) is 4.59. The Morgan fingerprint density at radius 3 is 2.57 bits per heavy atom. The molecule has 0 aliphatic heterocycles. The first-order chi connectivity index (χ1) is 6.48. The van der Waals surface area contributed by atoms with Crippen LogP contribution >= 0.6 is 0 Å². The van der Waals surface area contributed by atoms with Crippen molar-refractivity contribution in [3.05, 3.63) is 18.1 Å². The van der Waals surface area contributed by atoms with Gasteiger partial charge in [-0.1, -0.05) is 0 Å². The number of fused-ring (bicyclic) bond motifs is 1. The minimum atomic E-state index is -4.42. The van der Waals surface area contributed by atoms with Crippen molar-refractivity contribution in [1.82, 2.24) is 15.0 Å². The van der Waals surface area contributed by atoms with Crippen molar-refractivity contribution < 1.29 is 13.2 Å². The number of rotatable bonds is 0. The van der Waals surface area contributed by atoms with Gasteiger partial charge in [0.15, 0.2) is 0 Å². The number of nitrogen functional groups attached to an aromatic ring is 1. The molecule has 0 bridgehead atoms. The Hall–Kier alpha value is -1.79. The molecule has 0 aliphatic rings. The zero-order valence-corrected chi connectivity index (χ0v) is 6.76. The van der Waals surface area contributed by atoms with Crippen LogP contribution in [0.3, 0.4) is 0 Å². The molecule has 4 nitrogen and oxygen atoms in total. The van der Waals surface area contributed by atoms with E-state index in [0.29, 0.717) is 0 Å². The number of halogens is 3. The molecule has 2 rings (SSSR count). The fourth-order valence-electron chi connectivity index (χ4n) is 1.11. The Balaban J connectivity index is 2.69. The van der Waals surface area contributed by atoms with Gasteiger partial charge in [-0.05, 0) is 6.07 Å². The monoisotopic (exact) mass is 202 g/mol. The van der Waals surface area contributed by atoms with Gasteiger partial charge in [0.2, 0.25) is 0 Å². The lowest BCUT2D eigenvalue weighted by atomic mass is 10.3. The predicted molar refractivity (Wildman–Crippen MR) is 43.3 cm³/mol. The Bertz CT molecular complexity index is 473. The van der Waals surface area contributed by atoms with E-state index in [1.54, 1.807) is 0 Å². The number of hydrogen-bond donors (Lipinski definition) is 2. The van der Waals surface area contributed by atoms with Crippen molar-refractivity contribution in [2.45, 2.75) is 6.18 Å². The van der Waals surface area contributed by atoms with Gasteiger partial charge in [-0.25, -0.2) is 9.97 Å². The molecule has 0 amide bonds. The number of nitrogens with zero attached hydrogens (tertiary/aromatic N) is 2. The molecule has 0 unspecified atom stereocenters. The van der Waals surface area contributed by atoms with Gasteiger partial charge < -0.3 is 10.7 Å².